The lowest BCUT2D eigenvalue weighted by Gasteiger charge is -2.15. The number of hydrogen-bond acceptors (Lipinski definition) is 5. The van der Waals surface area contributed by atoms with Crippen LogP contribution in [0.3, 0.4) is 0 Å². The number of amides is 1. The average molecular weight is 371 g/mol. The van der Waals surface area contributed by atoms with Crippen LogP contribution < -0.4 is 10.1 Å². The van der Waals surface area contributed by atoms with Gasteiger partial charge in [0.15, 0.2) is 5.82 Å². The molecule has 0 spiro atoms. The fourth-order valence-corrected chi connectivity index (χ4v) is 3.83. The van der Waals surface area contributed by atoms with Gasteiger partial charge in [-0.05, 0) is 31.5 Å². The van der Waals surface area contributed by atoms with Crippen molar-refractivity contribution < 1.29 is 18.3 Å². The first-order chi connectivity index (χ1) is 11.4. The standard InChI is InChI=1S/C16H19ClN2O4S/c1-4-14(16(20)18-15-7-10(2)23-19-15)24(21)9-11-8-12(17)5-6-13(11)22-3/h5-8,14H,4,9H2,1-3H3,(H,18,19,20)/t14-,24-/m1/s1. The monoisotopic (exact) mass is 370 g/mol. The molecule has 0 aliphatic rings. The van der Waals surface area contributed by atoms with Gasteiger partial charge in [0, 0.05) is 27.5 Å². The highest BCUT2D eigenvalue weighted by molar-refractivity contribution is 7.85. The molecule has 2 rings (SSSR count). The number of methoxy groups -OCH3 is 1. The highest BCUT2D eigenvalue weighted by atomic mass is 35.5. The van der Waals surface area contributed by atoms with E-state index in [-0.39, 0.29) is 11.7 Å². The number of ether oxygens (including phenoxy) is 1. The maximum atomic E-state index is 12.7. The van der Waals surface area contributed by atoms with Crippen LogP contribution in [0.4, 0.5) is 5.82 Å². The third kappa shape index (κ3) is 4.58. The Hall–Kier alpha value is -1.86. The van der Waals surface area contributed by atoms with Gasteiger partial charge in [0.2, 0.25) is 5.91 Å². The highest BCUT2D eigenvalue weighted by Gasteiger charge is 2.25. The van der Waals surface area contributed by atoms with Gasteiger partial charge in [-0.3, -0.25) is 9.00 Å². The molecule has 1 aromatic carbocycles. The van der Waals surface area contributed by atoms with Gasteiger partial charge in [-0.1, -0.05) is 23.7 Å². The molecule has 0 unspecified atom stereocenters. The molecule has 0 aliphatic carbocycles. The molecule has 0 bridgehead atoms. The maximum Gasteiger partial charge on any atom is 0.241 e. The first kappa shape index (κ1) is 18.5. The number of aryl methyl sites for hydroxylation is 1. The number of hydrogen-bond donors (Lipinski definition) is 1. The molecule has 0 saturated carbocycles. The van der Waals surface area contributed by atoms with Crippen LogP contribution in [0.5, 0.6) is 5.75 Å². The Balaban J connectivity index is 2.11. The minimum Gasteiger partial charge on any atom is -0.496 e. The van der Waals surface area contributed by atoms with E-state index in [1.807, 2.05) is 6.92 Å². The summed E-state index contributed by atoms with van der Waals surface area (Å²) in [4.78, 5) is 12.4. The minimum absolute atomic E-state index is 0.174. The third-order valence-electron chi connectivity index (χ3n) is 3.40. The summed E-state index contributed by atoms with van der Waals surface area (Å²) in [5, 5.41) is 6.19. The largest absolute Gasteiger partial charge is 0.496 e. The second-order valence-electron chi connectivity index (χ2n) is 5.19. The zero-order chi connectivity index (χ0) is 17.7. The second-order valence-corrected chi connectivity index (χ2v) is 7.25. The van der Waals surface area contributed by atoms with Crippen molar-refractivity contribution in [3.8, 4) is 5.75 Å². The molecule has 1 N–H and O–H groups in total. The van der Waals surface area contributed by atoms with Gasteiger partial charge in [0.1, 0.15) is 16.8 Å². The van der Waals surface area contributed by atoms with Gasteiger partial charge in [0.05, 0.1) is 12.9 Å². The summed E-state index contributed by atoms with van der Waals surface area (Å²) in [6, 6.07) is 6.72. The molecule has 1 amide bonds. The van der Waals surface area contributed by atoms with Gasteiger partial charge < -0.3 is 14.6 Å². The molecule has 6 nitrogen and oxygen atoms in total. The summed E-state index contributed by atoms with van der Waals surface area (Å²) in [5.74, 6) is 1.31. The number of nitrogens with one attached hydrogen (secondary N) is 1. The average Bonchev–Trinajstić information content (AvgIpc) is 2.93. The van der Waals surface area contributed by atoms with Crippen molar-refractivity contribution in [1.29, 1.82) is 0 Å². The molecular weight excluding hydrogens is 352 g/mol. The summed E-state index contributed by atoms with van der Waals surface area (Å²) in [6.07, 6.45) is 0.429. The number of rotatable bonds is 7. The molecule has 0 radical (unpaired) electrons. The van der Waals surface area contributed by atoms with Crippen molar-refractivity contribution in [2.45, 2.75) is 31.3 Å². The van der Waals surface area contributed by atoms with Crippen molar-refractivity contribution in [1.82, 2.24) is 5.16 Å². The van der Waals surface area contributed by atoms with Crippen molar-refractivity contribution >= 4 is 34.1 Å². The Labute approximate surface area is 148 Å². The normalized spacial score (nSPS) is 13.3. The Morgan fingerprint density at radius 1 is 1.46 bits per heavy atom. The molecule has 24 heavy (non-hydrogen) atoms. The number of carbonyl (C=O) groups is 1. The van der Waals surface area contributed by atoms with Crippen LogP contribution in [-0.4, -0.2) is 27.6 Å². The van der Waals surface area contributed by atoms with Gasteiger partial charge >= 0.3 is 0 Å². The van der Waals surface area contributed by atoms with Crippen molar-refractivity contribution in [2.75, 3.05) is 12.4 Å². The molecule has 2 atom stereocenters. The number of anilines is 1. The summed E-state index contributed by atoms with van der Waals surface area (Å²) in [5.41, 5.74) is 0.701. The van der Waals surface area contributed by atoms with E-state index in [1.54, 1.807) is 31.2 Å². The molecule has 0 saturated heterocycles. The summed E-state index contributed by atoms with van der Waals surface area (Å²) >= 11 is 5.99. The lowest BCUT2D eigenvalue weighted by Crippen LogP contribution is -2.32. The van der Waals surface area contributed by atoms with Crippen molar-refractivity contribution in [3.05, 3.63) is 40.6 Å². The van der Waals surface area contributed by atoms with E-state index < -0.39 is 16.0 Å². The molecule has 0 fully saturated rings. The number of benzene rings is 1. The number of nitrogens with zero attached hydrogens (tertiary/aromatic N) is 1. The van der Waals surface area contributed by atoms with Crippen LogP contribution in [0.1, 0.15) is 24.7 Å². The van der Waals surface area contributed by atoms with E-state index in [0.29, 0.717) is 34.3 Å². The summed E-state index contributed by atoms with van der Waals surface area (Å²) in [7, 11) is 0.0993. The predicted molar refractivity (Wildman–Crippen MR) is 93.8 cm³/mol. The Kier molecular flexibility index (Phi) is 6.39. The van der Waals surface area contributed by atoms with E-state index in [9.17, 15) is 9.00 Å². The zero-order valence-corrected chi connectivity index (χ0v) is 15.2. The molecular formula is C16H19ClN2O4S. The van der Waals surface area contributed by atoms with Crippen molar-refractivity contribution in [3.63, 3.8) is 0 Å². The topological polar surface area (TPSA) is 81.4 Å². The number of carbonyl (C=O) groups excluding carboxylic acids is 1. The first-order valence-electron chi connectivity index (χ1n) is 7.38. The van der Waals surface area contributed by atoms with Crippen LogP contribution in [0.2, 0.25) is 5.02 Å². The third-order valence-corrected chi connectivity index (χ3v) is 5.41. The van der Waals surface area contributed by atoms with Gasteiger partial charge in [-0.2, -0.15) is 0 Å². The molecule has 2 aromatic rings. The predicted octanol–water partition coefficient (Wildman–Crippen LogP) is 3.31. The zero-order valence-electron chi connectivity index (χ0n) is 13.7. The van der Waals surface area contributed by atoms with Crippen LogP contribution in [0.15, 0.2) is 28.8 Å². The minimum atomic E-state index is -1.43. The van der Waals surface area contributed by atoms with Crippen LogP contribution in [0, 0.1) is 6.92 Å². The summed E-state index contributed by atoms with van der Waals surface area (Å²) < 4.78 is 22.8. The molecule has 1 aromatic heterocycles. The lowest BCUT2D eigenvalue weighted by atomic mass is 10.2. The van der Waals surface area contributed by atoms with E-state index in [2.05, 4.69) is 10.5 Å². The Bertz CT molecular complexity index is 747. The van der Waals surface area contributed by atoms with Crippen LogP contribution >= 0.6 is 11.6 Å². The highest BCUT2D eigenvalue weighted by Crippen LogP contribution is 2.25. The molecule has 0 aliphatic heterocycles. The molecule has 8 heteroatoms. The maximum absolute atomic E-state index is 12.7. The van der Waals surface area contributed by atoms with Gasteiger partial charge in [-0.25, -0.2) is 0 Å². The first-order valence-corrected chi connectivity index (χ1v) is 9.14. The fraction of sp³-hybridized carbons (Fsp3) is 0.375. The number of aromatic nitrogens is 1. The van der Waals surface area contributed by atoms with E-state index >= 15 is 0 Å². The second kappa shape index (κ2) is 8.30. The van der Waals surface area contributed by atoms with Gasteiger partial charge in [-0.15, -0.1) is 0 Å². The SMILES string of the molecule is CC[C@H](C(=O)Nc1cc(C)on1)[S@](=O)Cc1cc(Cl)ccc1OC. The molecule has 130 valence electrons. The summed E-state index contributed by atoms with van der Waals surface area (Å²) in [6.45, 7) is 3.54. The lowest BCUT2D eigenvalue weighted by molar-refractivity contribution is -0.115. The molecule has 1 heterocycles. The quantitative estimate of drug-likeness (QED) is 0.808. The number of halogens is 1. The van der Waals surface area contributed by atoms with E-state index in [1.165, 1.54) is 7.11 Å². The van der Waals surface area contributed by atoms with E-state index in [0.717, 1.165) is 0 Å². The van der Waals surface area contributed by atoms with E-state index in [4.69, 9.17) is 20.9 Å². The smallest absolute Gasteiger partial charge is 0.241 e. The van der Waals surface area contributed by atoms with Crippen molar-refractivity contribution in [2.24, 2.45) is 0 Å². The fourth-order valence-electron chi connectivity index (χ4n) is 2.24. The van der Waals surface area contributed by atoms with Gasteiger partial charge in [0.25, 0.3) is 0 Å². The Morgan fingerprint density at radius 2 is 2.21 bits per heavy atom. The van der Waals surface area contributed by atoms with Crippen LogP contribution in [-0.2, 0) is 21.3 Å². The Morgan fingerprint density at radius 3 is 2.79 bits per heavy atom. The van der Waals surface area contributed by atoms with Crippen LogP contribution in [0.25, 0.3) is 0 Å².